The topological polar surface area (TPSA) is 38.8 Å². The predicted molar refractivity (Wildman–Crippen MR) is 73.5 cm³/mol. The van der Waals surface area contributed by atoms with E-state index in [1.807, 2.05) is 11.8 Å². The maximum atomic E-state index is 11.4. The minimum atomic E-state index is -0.193. The molecule has 0 aliphatic rings. The second-order valence-electron chi connectivity index (χ2n) is 4.62. The number of ether oxygens (including phenoxy) is 2. The van der Waals surface area contributed by atoms with Crippen LogP contribution in [0, 0.1) is 5.92 Å². The average molecular weight is 257 g/mol. The monoisotopic (exact) mass is 257 g/mol. The molecule has 0 rings (SSSR count). The molecular formula is C14H27NO3. The number of hydrogen-bond acceptors (Lipinski definition) is 4. The lowest BCUT2D eigenvalue weighted by atomic mass is 10.1. The molecule has 0 amide bonds. The van der Waals surface area contributed by atoms with Gasteiger partial charge in [-0.1, -0.05) is 19.9 Å². The van der Waals surface area contributed by atoms with Crippen LogP contribution in [0.5, 0.6) is 0 Å². The second-order valence-corrected chi connectivity index (χ2v) is 4.62. The second kappa shape index (κ2) is 11.2. The SMILES string of the molecule is C=CCN(CCOCCC(C)C)CC(=O)OCC. The van der Waals surface area contributed by atoms with Crippen LogP contribution >= 0.6 is 0 Å². The lowest BCUT2D eigenvalue weighted by molar-refractivity contribution is -0.144. The Kier molecular flexibility index (Phi) is 10.7. The van der Waals surface area contributed by atoms with E-state index in [1.165, 1.54) is 0 Å². The molecule has 0 N–H and O–H groups in total. The Labute approximate surface area is 111 Å². The maximum Gasteiger partial charge on any atom is 0.320 e. The summed E-state index contributed by atoms with van der Waals surface area (Å²) in [5.41, 5.74) is 0. The van der Waals surface area contributed by atoms with Crippen molar-refractivity contribution < 1.29 is 14.3 Å². The molecule has 0 fully saturated rings. The fourth-order valence-corrected chi connectivity index (χ4v) is 1.42. The van der Waals surface area contributed by atoms with Gasteiger partial charge in [-0.2, -0.15) is 0 Å². The van der Waals surface area contributed by atoms with Gasteiger partial charge in [0.25, 0.3) is 0 Å². The van der Waals surface area contributed by atoms with Crippen LogP contribution < -0.4 is 0 Å². The molecule has 0 heterocycles. The molecular weight excluding hydrogens is 230 g/mol. The van der Waals surface area contributed by atoms with Crippen molar-refractivity contribution in [2.24, 2.45) is 5.92 Å². The van der Waals surface area contributed by atoms with E-state index < -0.39 is 0 Å². The highest BCUT2D eigenvalue weighted by Gasteiger charge is 2.09. The molecule has 0 atom stereocenters. The Bertz CT molecular complexity index is 229. The Balaban J connectivity index is 3.75. The van der Waals surface area contributed by atoms with Crippen molar-refractivity contribution in [1.82, 2.24) is 4.90 Å². The summed E-state index contributed by atoms with van der Waals surface area (Å²) >= 11 is 0. The van der Waals surface area contributed by atoms with Crippen LogP contribution in [0.15, 0.2) is 12.7 Å². The molecule has 0 spiro atoms. The smallest absolute Gasteiger partial charge is 0.320 e. The molecule has 0 bridgehead atoms. The number of nitrogens with zero attached hydrogens (tertiary/aromatic N) is 1. The largest absolute Gasteiger partial charge is 0.465 e. The van der Waals surface area contributed by atoms with E-state index in [0.29, 0.717) is 32.2 Å². The zero-order valence-electron chi connectivity index (χ0n) is 12.0. The summed E-state index contributed by atoms with van der Waals surface area (Å²) in [7, 11) is 0. The van der Waals surface area contributed by atoms with Crippen LogP contribution in [-0.4, -0.2) is 50.3 Å². The van der Waals surface area contributed by atoms with Crippen molar-refractivity contribution >= 4 is 5.97 Å². The first-order valence-electron chi connectivity index (χ1n) is 6.66. The molecule has 0 aromatic heterocycles. The summed E-state index contributed by atoms with van der Waals surface area (Å²) < 4.78 is 10.5. The van der Waals surface area contributed by atoms with Crippen LogP contribution in [0.2, 0.25) is 0 Å². The highest BCUT2D eigenvalue weighted by molar-refractivity contribution is 5.71. The molecule has 0 unspecified atom stereocenters. The quantitative estimate of drug-likeness (QED) is 0.323. The molecule has 106 valence electrons. The molecule has 18 heavy (non-hydrogen) atoms. The zero-order chi connectivity index (χ0) is 13.8. The normalized spacial score (nSPS) is 10.9. The highest BCUT2D eigenvalue weighted by Crippen LogP contribution is 1.99. The number of esters is 1. The summed E-state index contributed by atoms with van der Waals surface area (Å²) in [6.45, 7) is 13.4. The van der Waals surface area contributed by atoms with Gasteiger partial charge in [-0.05, 0) is 19.3 Å². The lowest BCUT2D eigenvalue weighted by Gasteiger charge is -2.19. The molecule has 0 saturated heterocycles. The molecule has 0 aromatic carbocycles. The fourth-order valence-electron chi connectivity index (χ4n) is 1.42. The average Bonchev–Trinajstić information content (AvgIpc) is 2.28. The van der Waals surface area contributed by atoms with E-state index in [0.717, 1.165) is 19.6 Å². The van der Waals surface area contributed by atoms with E-state index >= 15 is 0 Å². The van der Waals surface area contributed by atoms with Gasteiger partial charge >= 0.3 is 5.97 Å². The van der Waals surface area contributed by atoms with Crippen LogP contribution in [0.25, 0.3) is 0 Å². The van der Waals surface area contributed by atoms with Crippen molar-refractivity contribution in [3.63, 3.8) is 0 Å². The molecule has 0 aromatic rings. The fraction of sp³-hybridized carbons (Fsp3) is 0.786. The third kappa shape index (κ3) is 10.3. The van der Waals surface area contributed by atoms with E-state index in [4.69, 9.17) is 9.47 Å². The Hall–Kier alpha value is -0.870. The lowest BCUT2D eigenvalue weighted by Crippen LogP contribution is -2.34. The van der Waals surface area contributed by atoms with Crippen LogP contribution in [0.3, 0.4) is 0 Å². The minimum absolute atomic E-state index is 0.193. The van der Waals surface area contributed by atoms with Crippen LogP contribution in [-0.2, 0) is 14.3 Å². The third-order valence-electron chi connectivity index (χ3n) is 2.44. The Morgan fingerprint density at radius 1 is 1.39 bits per heavy atom. The molecule has 4 nitrogen and oxygen atoms in total. The number of hydrogen-bond donors (Lipinski definition) is 0. The van der Waals surface area contributed by atoms with Gasteiger partial charge < -0.3 is 9.47 Å². The van der Waals surface area contributed by atoms with E-state index in [-0.39, 0.29) is 5.97 Å². The van der Waals surface area contributed by atoms with Gasteiger partial charge in [0, 0.05) is 19.7 Å². The van der Waals surface area contributed by atoms with Crippen molar-refractivity contribution in [3.8, 4) is 0 Å². The van der Waals surface area contributed by atoms with Crippen molar-refractivity contribution in [3.05, 3.63) is 12.7 Å². The standard InChI is InChI=1S/C14H27NO3/c1-5-8-15(12-14(16)18-6-2)9-11-17-10-7-13(3)4/h5,13H,1,6-12H2,2-4H3. The summed E-state index contributed by atoms with van der Waals surface area (Å²) in [5, 5.41) is 0. The Morgan fingerprint density at radius 3 is 2.67 bits per heavy atom. The van der Waals surface area contributed by atoms with E-state index in [1.54, 1.807) is 6.08 Å². The summed E-state index contributed by atoms with van der Waals surface area (Å²) in [6.07, 6.45) is 2.85. The zero-order valence-corrected chi connectivity index (χ0v) is 12.0. The summed E-state index contributed by atoms with van der Waals surface area (Å²) in [5.74, 6) is 0.468. The first-order chi connectivity index (χ1) is 8.60. The van der Waals surface area contributed by atoms with E-state index in [9.17, 15) is 4.79 Å². The molecule has 0 radical (unpaired) electrons. The van der Waals surface area contributed by atoms with E-state index in [2.05, 4.69) is 20.4 Å². The van der Waals surface area contributed by atoms with Crippen molar-refractivity contribution in [2.75, 3.05) is 39.5 Å². The number of carbonyl (C=O) groups is 1. The highest BCUT2D eigenvalue weighted by atomic mass is 16.5. The molecule has 4 heteroatoms. The van der Waals surface area contributed by atoms with Gasteiger partial charge in [0.05, 0.1) is 19.8 Å². The van der Waals surface area contributed by atoms with Crippen LogP contribution in [0.1, 0.15) is 27.2 Å². The van der Waals surface area contributed by atoms with Crippen molar-refractivity contribution in [1.29, 1.82) is 0 Å². The molecule has 0 aliphatic heterocycles. The van der Waals surface area contributed by atoms with Gasteiger partial charge in [-0.3, -0.25) is 9.69 Å². The van der Waals surface area contributed by atoms with Gasteiger partial charge in [0.15, 0.2) is 0 Å². The number of rotatable bonds is 11. The summed E-state index contributed by atoms with van der Waals surface area (Å²) in [6, 6.07) is 0. The first-order valence-corrected chi connectivity index (χ1v) is 6.66. The third-order valence-corrected chi connectivity index (χ3v) is 2.44. The predicted octanol–water partition coefficient (Wildman–Crippen LogP) is 2.10. The maximum absolute atomic E-state index is 11.4. The summed E-state index contributed by atoms with van der Waals surface area (Å²) in [4.78, 5) is 13.3. The van der Waals surface area contributed by atoms with Gasteiger partial charge in [-0.15, -0.1) is 6.58 Å². The number of carbonyl (C=O) groups excluding carboxylic acids is 1. The van der Waals surface area contributed by atoms with Crippen molar-refractivity contribution in [2.45, 2.75) is 27.2 Å². The minimum Gasteiger partial charge on any atom is -0.465 e. The van der Waals surface area contributed by atoms with Gasteiger partial charge in [-0.25, -0.2) is 0 Å². The van der Waals surface area contributed by atoms with Gasteiger partial charge in [0.1, 0.15) is 0 Å². The Morgan fingerprint density at radius 2 is 2.11 bits per heavy atom. The molecule has 0 saturated carbocycles. The molecule has 0 aliphatic carbocycles. The van der Waals surface area contributed by atoms with Crippen LogP contribution in [0.4, 0.5) is 0 Å². The van der Waals surface area contributed by atoms with Gasteiger partial charge in [0.2, 0.25) is 0 Å². The first kappa shape index (κ1) is 17.1.